The van der Waals surface area contributed by atoms with Gasteiger partial charge in [0.05, 0.1) is 26.4 Å². The van der Waals surface area contributed by atoms with Crippen LogP contribution >= 0.6 is 0 Å². The fourth-order valence-electron chi connectivity index (χ4n) is 8.69. The van der Waals surface area contributed by atoms with E-state index in [1.807, 2.05) is 0 Å². The van der Waals surface area contributed by atoms with Crippen LogP contribution in [0.5, 0.6) is 0 Å². The highest BCUT2D eigenvalue weighted by Crippen LogP contribution is 2.26. The summed E-state index contributed by atoms with van der Waals surface area (Å²) in [5, 5.41) is 72.2. The Bertz CT molecular complexity index is 1220. The minimum absolute atomic E-state index is 0.0601. The SMILES string of the molecule is CCCCCCC/C=C\CCCCCCCC(=O)OC(COCCCCCCCCCCCC/C=C\CCCCCCCC)COC1OC(COC2OC(CO)C(O)C(O)C2O)C(O)C(O)C1O. The van der Waals surface area contributed by atoms with Crippen LogP contribution in [0.4, 0.5) is 0 Å². The molecule has 0 bridgehead atoms. The van der Waals surface area contributed by atoms with E-state index in [4.69, 9.17) is 28.4 Å². The molecule has 2 rings (SSSR count). The molecule has 14 heteroatoms. The van der Waals surface area contributed by atoms with Crippen molar-refractivity contribution < 1.29 is 69.0 Å². The molecule has 0 amide bonds. The second-order valence-corrected chi connectivity index (χ2v) is 19.4. The summed E-state index contributed by atoms with van der Waals surface area (Å²) in [4.78, 5) is 13.0. The summed E-state index contributed by atoms with van der Waals surface area (Å²) in [7, 11) is 0. The topological polar surface area (TPSA) is 214 Å². The highest BCUT2D eigenvalue weighted by atomic mass is 16.7. The maximum Gasteiger partial charge on any atom is 0.306 e. The fraction of sp³-hybridized carbons (Fsp3) is 0.907. The molecule has 2 saturated heterocycles. The van der Waals surface area contributed by atoms with Gasteiger partial charge < -0.3 is 64.2 Å². The van der Waals surface area contributed by atoms with Crippen molar-refractivity contribution in [1.82, 2.24) is 0 Å². The zero-order valence-electron chi connectivity index (χ0n) is 42.6. The third-order valence-corrected chi connectivity index (χ3v) is 13.2. The van der Waals surface area contributed by atoms with E-state index < -0.39 is 80.7 Å². The van der Waals surface area contributed by atoms with Gasteiger partial charge in [-0.1, -0.05) is 167 Å². The molecule has 0 saturated carbocycles. The Balaban J connectivity index is 1.73. The second kappa shape index (κ2) is 42.0. The van der Waals surface area contributed by atoms with E-state index in [1.54, 1.807) is 0 Å². The Morgan fingerprint density at radius 3 is 1.34 bits per heavy atom. The van der Waals surface area contributed by atoms with Gasteiger partial charge in [-0.25, -0.2) is 0 Å². The number of esters is 1. The summed E-state index contributed by atoms with van der Waals surface area (Å²) in [5.41, 5.74) is 0. The number of rotatable bonds is 44. The van der Waals surface area contributed by atoms with E-state index in [9.17, 15) is 40.5 Å². The number of unbranched alkanes of at least 4 members (excludes halogenated alkanes) is 26. The van der Waals surface area contributed by atoms with E-state index in [2.05, 4.69) is 38.2 Å². The van der Waals surface area contributed by atoms with E-state index >= 15 is 0 Å². The van der Waals surface area contributed by atoms with Crippen molar-refractivity contribution >= 4 is 5.97 Å². The number of aliphatic hydroxyl groups excluding tert-OH is 7. The summed E-state index contributed by atoms with van der Waals surface area (Å²) in [5.74, 6) is -0.383. The van der Waals surface area contributed by atoms with Crippen molar-refractivity contribution in [3.05, 3.63) is 24.3 Å². The number of allylic oxidation sites excluding steroid dienone is 4. The zero-order valence-corrected chi connectivity index (χ0v) is 42.6. The van der Waals surface area contributed by atoms with Crippen molar-refractivity contribution in [3.63, 3.8) is 0 Å². The molecule has 0 radical (unpaired) electrons. The molecule has 2 fully saturated rings. The predicted molar refractivity (Wildman–Crippen MR) is 266 cm³/mol. The number of carbonyl (C=O) groups is 1. The Hall–Kier alpha value is -1.53. The van der Waals surface area contributed by atoms with Crippen LogP contribution in [0.15, 0.2) is 24.3 Å². The van der Waals surface area contributed by atoms with Crippen molar-refractivity contribution in [2.24, 2.45) is 0 Å². The largest absolute Gasteiger partial charge is 0.457 e. The van der Waals surface area contributed by atoms with Gasteiger partial charge in [0.2, 0.25) is 0 Å². The van der Waals surface area contributed by atoms with Gasteiger partial charge in [-0.15, -0.1) is 0 Å². The van der Waals surface area contributed by atoms with E-state index in [0.717, 1.165) is 57.8 Å². The monoisotopic (exact) mass is 973 g/mol. The average molecular weight is 973 g/mol. The lowest BCUT2D eigenvalue weighted by Gasteiger charge is -2.42. The molecular formula is C54H100O14. The van der Waals surface area contributed by atoms with Crippen LogP contribution in [0.2, 0.25) is 0 Å². The smallest absolute Gasteiger partial charge is 0.306 e. The average Bonchev–Trinajstić information content (AvgIpc) is 3.33. The summed E-state index contributed by atoms with van der Waals surface area (Å²) in [6.45, 7) is 3.68. The lowest BCUT2D eigenvalue weighted by molar-refractivity contribution is -0.332. The summed E-state index contributed by atoms with van der Waals surface area (Å²) in [6, 6.07) is 0. The van der Waals surface area contributed by atoms with Crippen LogP contribution in [0, 0.1) is 0 Å². The number of aliphatic hydroxyl groups is 7. The van der Waals surface area contributed by atoms with Crippen molar-refractivity contribution in [1.29, 1.82) is 0 Å². The molecular weight excluding hydrogens is 873 g/mol. The standard InChI is InChI=1S/C54H100O14/c1-3-5-7-9-11-13-15-17-19-20-21-22-23-24-26-28-30-32-34-36-38-63-40-43(66-46(56)37-35-33-31-29-27-25-18-16-14-12-10-8-6-4-2)41-64-53-52(62)50(60)48(58)45(68-53)42-65-54-51(61)49(59)47(57)44(39-55)67-54/h16-19,43-45,47-55,57-62H,3-15,20-42H2,1-2H3/b18-16-,19-17-. The molecule has 0 aromatic heterocycles. The lowest BCUT2D eigenvalue weighted by Crippen LogP contribution is -2.61. The van der Waals surface area contributed by atoms with Gasteiger partial charge in [-0.3, -0.25) is 4.79 Å². The summed E-state index contributed by atoms with van der Waals surface area (Å²) in [6.07, 6.45) is 29.5. The van der Waals surface area contributed by atoms with Crippen LogP contribution < -0.4 is 0 Å². The molecule has 2 aliphatic heterocycles. The van der Waals surface area contributed by atoms with Gasteiger partial charge in [0, 0.05) is 13.0 Å². The minimum atomic E-state index is -1.71. The minimum Gasteiger partial charge on any atom is -0.457 e. The Morgan fingerprint density at radius 2 is 0.868 bits per heavy atom. The number of hydrogen-bond acceptors (Lipinski definition) is 14. The van der Waals surface area contributed by atoms with Crippen molar-refractivity contribution in [2.75, 3.05) is 33.0 Å². The maximum atomic E-state index is 13.0. The van der Waals surface area contributed by atoms with Crippen LogP contribution in [-0.2, 0) is 33.2 Å². The Labute approximate surface area is 411 Å². The molecule has 14 nitrogen and oxygen atoms in total. The highest BCUT2D eigenvalue weighted by Gasteiger charge is 2.47. The maximum absolute atomic E-state index is 13.0. The van der Waals surface area contributed by atoms with Gasteiger partial charge in [-0.05, 0) is 64.2 Å². The molecule has 7 N–H and O–H groups in total. The van der Waals surface area contributed by atoms with Gasteiger partial charge in [0.1, 0.15) is 54.9 Å². The van der Waals surface area contributed by atoms with E-state index in [-0.39, 0.29) is 25.6 Å². The first-order valence-corrected chi connectivity index (χ1v) is 27.4. The molecule has 0 spiro atoms. The Kier molecular flexibility index (Phi) is 38.7. The number of carbonyl (C=O) groups excluding carboxylic acids is 1. The first kappa shape index (κ1) is 62.6. The molecule has 11 atom stereocenters. The Morgan fingerprint density at radius 1 is 0.471 bits per heavy atom. The molecule has 2 heterocycles. The molecule has 400 valence electrons. The molecule has 0 aromatic rings. The lowest BCUT2D eigenvalue weighted by atomic mass is 9.98. The van der Waals surface area contributed by atoms with Gasteiger partial charge in [0.25, 0.3) is 0 Å². The second-order valence-electron chi connectivity index (χ2n) is 19.4. The highest BCUT2D eigenvalue weighted by molar-refractivity contribution is 5.69. The van der Waals surface area contributed by atoms with Crippen LogP contribution in [0.25, 0.3) is 0 Å². The van der Waals surface area contributed by atoms with Gasteiger partial charge >= 0.3 is 5.97 Å². The van der Waals surface area contributed by atoms with Gasteiger partial charge in [0.15, 0.2) is 12.6 Å². The van der Waals surface area contributed by atoms with Crippen molar-refractivity contribution in [3.8, 4) is 0 Å². The van der Waals surface area contributed by atoms with Crippen LogP contribution in [0.1, 0.15) is 213 Å². The fourth-order valence-corrected chi connectivity index (χ4v) is 8.69. The predicted octanol–water partition coefficient (Wildman–Crippen LogP) is 8.80. The van der Waals surface area contributed by atoms with E-state index in [0.29, 0.717) is 13.0 Å². The van der Waals surface area contributed by atoms with E-state index in [1.165, 1.54) is 128 Å². The number of hydrogen-bond donors (Lipinski definition) is 7. The zero-order chi connectivity index (χ0) is 49.5. The van der Waals surface area contributed by atoms with Crippen molar-refractivity contribution in [2.45, 2.75) is 280 Å². The third kappa shape index (κ3) is 29.1. The molecule has 0 aliphatic carbocycles. The first-order chi connectivity index (χ1) is 33.1. The third-order valence-electron chi connectivity index (χ3n) is 13.2. The summed E-state index contributed by atoms with van der Waals surface area (Å²) < 4.78 is 34.3. The quantitative estimate of drug-likeness (QED) is 0.0173. The summed E-state index contributed by atoms with van der Waals surface area (Å²) >= 11 is 0. The van der Waals surface area contributed by atoms with Gasteiger partial charge in [-0.2, -0.15) is 0 Å². The van der Waals surface area contributed by atoms with Crippen LogP contribution in [-0.4, -0.2) is 142 Å². The molecule has 11 unspecified atom stereocenters. The molecule has 2 aliphatic rings. The molecule has 0 aromatic carbocycles. The normalized spacial score (nSPS) is 26.0. The first-order valence-electron chi connectivity index (χ1n) is 27.4. The number of ether oxygens (including phenoxy) is 6. The van der Waals surface area contributed by atoms with Crippen LogP contribution in [0.3, 0.4) is 0 Å². The molecule has 68 heavy (non-hydrogen) atoms.